The number of hydrogen-bond donors (Lipinski definition) is 1. The fourth-order valence-electron chi connectivity index (χ4n) is 2.98. The van der Waals surface area contributed by atoms with Crippen molar-refractivity contribution in [1.82, 2.24) is 5.32 Å². The van der Waals surface area contributed by atoms with Crippen molar-refractivity contribution in [2.45, 2.75) is 58.3 Å². The van der Waals surface area contributed by atoms with Crippen LogP contribution >= 0.6 is 23.2 Å². The molecular formula is C17H27Cl2N. The molecule has 0 radical (unpaired) electrons. The van der Waals surface area contributed by atoms with E-state index in [-0.39, 0.29) is 5.41 Å². The Hall–Kier alpha value is -0.240. The average molecular weight is 316 g/mol. The summed E-state index contributed by atoms with van der Waals surface area (Å²) in [6.07, 6.45) is 5.86. The molecule has 0 fully saturated rings. The second-order valence-electron chi connectivity index (χ2n) is 5.59. The summed E-state index contributed by atoms with van der Waals surface area (Å²) in [4.78, 5) is 0. The van der Waals surface area contributed by atoms with Gasteiger partial charge in [0.1, 0.15) is 0 Å². The lowest BCUT2D eigenvalue weighted by molar-refractivity contribution is 0.335. The van der Waals surface area contributed by atoms with Crippen LogP contribution in [0.2, 0.25) is 10.0 Å². The number of halogens is 2. The van der Waals surface area contributed by atoms with Crippen LogP contribution in [0.15, 0.2) is 18.2 Å². The zero-order valence-corrected chi connectivity index (χ0v) is 14.4. The van der Waals surface area contributed by atoms with E-state index in [1.54, 1.807) is 0 Å². The molecule has 20 heavy (non-hydrogen) atoms. The van der Waals surface area contributed by atoms with Crippen molar-refractivity contribution in [2.24, 2.45) is 0 Å². The molecule has 0 aromatic heterocycles. The highest BCUT2D eigenvalue weighted by molar-refractivity contribution is 6.42. The normalized spacial score (nSPS) is 11.8. The predicted molar refractivity (Wildman–Crippen MR) is 91.1 cm³/mol. The Morgan fingerprint density at radius 2 is 1.60 bits per heavy atom. The summed E-state index contributed by atoms with van der Waals surface area (Å²) in [5, 5.41) is 4.90. The summed E-state index contributed by atoms with van der Waals surface area (Å²) < 4.78 is 0. The zero-order chi connectivity index (χ0) is 15.0. The minimum atomic E-state index is 0.174. The summed E-state index contributed by atoms with van der Waals surface area (Å²) in [7, 11) is 0. The molecule has 0 saturated heterocycles. The smallest absolute Gasteiger partial charge is 0.0595 e. The number of rotatable bonds is 9. The van der Waals surface area contributed by atoms with Gasteiger partial charge in [0.25, 0.3) is 0 Å². The molecule has 0 aliphatic rings. The van der Waals surface area contributed by atoms with Gasteiger partial charge >= 0.3 is 0 Å². The quantitative estimate of drug-likeness (QED) is 0.565. The van der Waals surface area contributed by atoms with Gasteiger partial charge < -0.3 is 5.32 Å². The van der Waals surface area contributed by atoms with E-state index in [2.05, 4.69) is 38.2 Å². The van der Waals surface area contributed by atoms with Gasteiger partial charge in [-0.2, -0.15) is 0 Å². The van der Waals surface area contributed by atoms with Gasteiger partial charge in [0.05, 0.1) is 10.0 Å². The lowest BCUT2D eigenvalue weighted by atomic mass is 9.73. The van der Waals surface area contributed by atoms with Crippen molar-refractivity contribution in [1.29, 1.82) is 0 Å². The van der Waals surface area contributed by atoms with Gasteiger partial charge in [0.15, 0.2) is 0 Å². The first kappa shape index (κ1) is 17.8. The third-order valence-corrected chi connectivity index (χ3v) is 4.62. The van der Waals surface area contributed by atoms with E-state index in [0.29, 0.717) is 10.0 Å². The van der Waals surface area contributed by atoms with E-state index in [1.807, 2.05) is 6.07 Å². The Morgan fingerprint density at radius 3 is 2.10 bits per heavy atom. The maximum absolute atomic E-state index is 6.23. The first-order valence-corrected chi connectivity index (χ1v) is 8.51. The minimum absolute atomic E-state index is 0.174. The molecule has 0 spiro atoms. The first-order chi connectivity index (χ1) is 9.59. The molecule has 0 unspecified atom stereocenters. The summed E-state index contributed by atoms with van der Waals surface area (Å²) in [6, 6.07) is 6.13. The van der Waals surface area contributed by atoms with Gasteiger partial charge in [-0.1, -0.05) is 62.9 Å². The van der Waals surface area contributed by atoms with Crippen LogP contribution in [0.3, 0.4) is 0 Å². The predicted octanol–water partition coefficient (Wildman–Crippen LogP) is 5.83. The van der Waals surface area contributed by atoms with Crippen LogP contribution in [0.25, 0.3) is 0 Å². The molecule has 1 aromatic rings. The second kappa shape index (κ2) is 8.92. The maximum Gasteiger partial charge on any atom is 0.0595 e. The van der Waals surface area contributed by atoms with Crippen molar-refractivity contribution in [2.75, 3.05) is 13.1 Å². The van der Waals surface area contributed by atoms with E-state index in [0.717, 1.165) is 19.5 Å². The number of nitrogens with one attached hydrogen (secondary N) is 1. The van der Waals surface area contributed by atoms with Crippen molar-refractivity contribution < 1.29 is 0 Å². The highest BCUT2D eigenvalue weighted by Gasteiger charge is 2.30. The van der Waals surface area contributed by atoms with Crippen LogP contribution in [0, 0.1) is 0 Å². The van der Waals surface area contributed by atoms with E-state index < -0.39 is 0 Å². The van der Waals surface area contributed by atoms with E-state index in [4.69, 9.17) is 23.2 Å². The Kier molecular flexibility index (Phi) is 7.94. The van der Waals surface area contributed by atoms with Crippen molar-refractivity contribution in [3.8, 4) is 0 Å². The highest BCUT2D eigenvalue weighted by atomic mass is 35.5. The van der Waals surface area contributed by atoms with E-state index in [9.17, 15) is 0 Å². The molecule has 0 atom stereocenters. The fourth-order valence-corrected chi connectivity index (χ4v) is 3.28. The van der Waals surface area contributed by atoms with Gasteiger partial charge in [-0.05, 0) is 43.5 Å². The Balaban J connectivity index is 3.07. The monoisotopic (exact) mass is 315 g/mol. The molecule has 1 nitrogen and oxygen atoms in total. The summed E-state index contributed by atoms with van der Waals surface area (Å²) >= 11 is 12.3. The first-order valence-electron chi connectivity index (χ1n) is 7.76. The van der Waals surface area contributed by atoms with Gasteiger partial charge in [0, 0.05) is 12.0 Å². The van der Waals surface area contributed by atoms with Crippen LogP contribution < -0.4 is 5.32 Å². The fraction of sp³-hybridized carbons (Fsp3) is 0.647. The molecule has 1 rings (SSSR count). The van der Waals surface area contributed by atoms with Crippen LogP contribution in [-0.4, -0.2) is 13.1 Å². The zero-order valence-electron chi connectivity index (χ0n) is 12.9. The largest absolute Gasteiger partial charge is 0.316 e. The molecule has 0 bridgehead atoms. The van der Waals surface area contributed by atoms with E-state index >= 15 is 0 Å². The van der Waals surface area contributed by atoms with Gasteiger partial charge in [-0.15, -0.1) is 0 Å². The topological polar surface area (TPSA) is 12.0 Å². The molecule has 1 aromatic carbocycles. The minimum Gasteiger partial charge on any atom is -0.316 e. The summed E-state index contributed by atoms with van der Waals surface area (Å²) in [5.41, 5.74) is 1.49. The lowest BCUT2D eigenvalue weighted by Crippen LogP contribution is -2.38. The molecule has 3 heteroatoms. The third-order valence-electron chi connectivity index (χ3n) is 3.88. The molecule has 1 N–H and O–H groups in total. The Labute approximate surface area is 134 Å². The molecule has 0 aliphatic heterocycles. The Bertz CT molecular complexity index is 398. The third kappa shape index (κ3) is 4.65. The van der Waals surface area contributed by atoms with Gasteiger partial charge in [-0.25, -0.2) is 0 Å². The van der Waals surface area contributed by atoms with Gasteiger partial charge in [-0.3, -0.25) is 0 Å². The van der Waals surface area contributed by atoms with Crippen molar-refractivity contribution in [3.63, 3.8) is 0 Å². The molecule has 0 heterocycles. The van der Waals surface area contributed by atoms with Crippen molar-refractivity contribution >= 4 is 23.2 Å². The standard InChI is InChI=1S/C17H27Cl2N/c1-4-9-17(10-5-2,13-20-11-6-3)14-7-8-15(18)16(19)12-14/h7-8,12,20H,4-6,9-11,13H2,1-3H3. The second-order valence-corrected chi connectivity index (χ2v) is 6.40. The molecule has 0 saturated carbocycles. The van der Waals surface area contributed by atoms with Gasteiger partial charge in [0.2, 0.25) is 0 Å². The summed E-state index contributed by atoms with van der Waals surface area (Å²) in [6.45, 7) is 8.79. The molecule has 0 amide bonds. The van der Waals surface area contributed by atoms with Crippen LogP contribution in [0.4, 0.5) is 0 Å². The maximum atomic E-state index is 6.23. The van der Waals surface area contributed by atoms with Crippen LogP contribution in [0.1, 0.15) is 58.4 Å². The lowest BCUT2D eigenvalue weighted by Gasteiger charge is -2.35. The van der Waals surface area contributed by atoms with Crippen LogP contribution in [-0.2, 0) is 5.41 Å². The van der Waals surface area contributed by atoms with Crippen LogP contribution in [0.5, 0.6) is 0 Å². The summed E-state index contributed by atoms with van der Waals surface area (Å²) in [5.74, 6) is 0. The Morgan fingerprint density at radius 1 is 0.950 bits per heavy atom. The van der Waals surface area contributed by atoms with Crippen molar-refractivity contribution in [3.05, 3.63) is 33.8 Å². The molecule has 114 valence electrons. The molecular weight excluding hydrogens is 289 g/mol. The number of hydrogen-bond acceptors (Lipinski definition) is 1. The molecule has 0 aliphatic carbocycles. The SMILES string of the molecule is CCCNCC(CCC)(CCC)c1ccc(Cl)c(Cl)c1. The highest BCUT2D eigenvalue weighted by Crippen LogP contribution is 2.36. The van der Waals surface area contributed by atoms with E-state index in [1.165, 1.54) is 31.2 Å². The average Bonchev–Trinajstić information content (AvgIpc) is 2.42. The number of benzene rings is 1.